The molecule has 0 saturated heterocycles. The van der Waals surface area contributed by atoms with E-state index in [9.17, 15) is 4.79 Å². The zero-order valence-corrected chi connectivity index (χ0v) is 13.0. The first kappa shape index (κ1) is 16.6. The number of nitrogens with one attached hydrogen (secondary N) is 2. The summed E-state index contributed by atoms with van der Waals surface area (Å²) in [6, 6.07) is 3.27. The first-order chi connectivity index (χ1) is 9.53. The van der Waals surface area contributed by atoms with Crippen LogP contribution in [0, 0.1) is 5.92 Å². The average Bonchev–Trinajstić information content (AvgIpc) is 2.44. The highest BCUT2D eigenvalue weighted by Gasteiger charge is 2.16. The largest absolute Gasteiger partial charge is 0.495 e. The van der Waals surface area contributed by atoms with Crippen molar-refractivity contribution in [2.75, 3.05) is 32.6 Å². The minimum atomic E-state index is -0.152. The summed E-state index contributed by atoms with van der Waals surface area (Å²) >= 11 is 6.06. The second-order valence-corrected chi connectivity index (χ2v) is 4.79. The zero-order chi connectivity index (χ0) is 15.1. The van der Waals surface area contributed by atoms with E-state index in [-0.39, 0.29) is 11.8 Å². The third-order valence-corrected chi connectivity index (χ3v) is 3.18. The topological polar surface area (TPSA) is 59.6 Å². The molecule has 20 heavy (non-hydrogen) atoms. The number of ether oxygens (including phenoxy) is 2. The van der Waals surface area contributed by atoms with Crippen LogP contribution >= 0.6 is 11.6 Å². The number of anilines is 1. The quantitative estimate of drug-likeness (QED) is 0.812. The lowest BCUT2D eigenvalue weighted by Crippen LogP contribution is -2.30. The van der Waals surface area contributed by atoms with E-state index in [4.69, 9.17) is 21.1 Å². The normalized spacial score (nSPS) is 11.8. The van der Waals surface area contributed by atoms with Crippen LogP contribution in [0.25, 0.3) is 0 Å². The van der Waals surface area contributed by atoms with Gasteiger partial charge in [0.15, 0.2) is 0 Å². The molecule has 0 aliphatic carbocycles. The molecule has 1 aromatic carbocycles. The lowest BCUT2D eigenvalue weighted by atomic mass is 10.1. The summed E-state index contributed by atoms with van der Waals surface area (Å²) in [6.07, 6.45) is 0. The molecule has 1 rings (SSSR count). The highest BCUT2D eigenvalue weighted by Crippen LogP contribution is 2.35. The Bertz CT molecular complexity index is 466. The molecule has 1 aromatic rings. The molecule has 0 bridgehead atoms. The third-order valence-electron chi connectivity index (χ3n) is 2.88. The van der Waals surface area contributed by atoms with Crippen LogP contribution in [0.2, 0.25) is 5.02 Å². The van der Waals surface area contributed by atoms with Crippen molar-refractivity contribution in [3.63, 3.8) is 0 Å². The van der Waals surface area contributed by atoms with E-state index in [1.807, 2.05) is 13.8 Å². The van der Waals surface area contributed by atoms with Gasteiger partial charge in [-0.15, -0.1) is 0 Å². The molecule has 1 atom stereocenters. The molecule has 1 unspecified atom stereocenters. The summed E-state index contributed by atoms with van der Waals surface area (Å²) in [7, 11) is 3.05. The van der Waals surface area contributed by atoms with Crippen LogP contribution in [0.15, 0.2) is 12.1 Å². The van der Waals surface area contributed by atoms with Gasteiger partial charge in [0.1, 0.15) is 11.5 Å². The molecular weight excluding hydrogens is 280 g/mol. The van der Waals surface area contributed by atoms with Crippen LogP contribution in [0.4, 0.5) is 5.69 Å². The van der Waals surface area contributed by atoms with Crippen LogP contribution in [0.5, 0.6) is 11.5 Å². The van der Waals surface area contributed by atoms with Crippen LogP contribution in [-0.2, 0) is 4.79 Å². The Hall–Kier alpha value is -1.46. The van der Waals surface area contributed by atoms with Gasteiger partial charge in [-0.1, -0.05) is 25.4 Å². The molecule has 5 nitrogen and oxygen atoms in total. The molecule has 0 heterocycles. The number of hydrogen-bond acceptors (Lipinski definition) is 4. The molecule has 1 amide bonds. The molecule has 0 fully saturated rings. The molecule has 6 heteroatoms. The maximum atomic E-state index is 12.1. The number of carbonyl (C=O) groups excluding carboxylic acids is 1. The standard InChI is InChI=1S/C14H21ClN2O3/c1-5-16-8-9(2)14(18)17-11-6-10(15)12(19-3)7-13(11)20-4/h6-7,9,16H,5,8H2,1-4H3,(H,17,18). The number of halogens is 1. The highest BCUT2D eigenvalue weighted by atomic mass is 35.5. The number of rotatable bonds is 7. The second-order valence-electron chi connectivity index (χ2n) is 4.39. The van der Waals surface area contributed by atoms with Crippen molar-refractivity contribution in [3.05, 3.63) is 17.2 Å². The van der Waals surface area contributed by atoms with Gasteiger partial charge in [0.2, 0.25) is 5.91 Å². The summed E-state index contributed by atoms with van der Waals surface area (Å²) < 4.78 is 10.3. The van der Waals surface area contributed by atoms with Crippen molar-refractivity contribution < 1.29 is 14.3 Å². The zero-order valence-electron chi connectivity index (χ0n) is 12.2. The van der Waals surface area contributed by atoms with Crippen LogP contribution < -0.4 is 20.1 Å². The minimum absolute atomic E-state index is 0.0921. The smallest absolute Gasteiger partial charge is 0.228 e. The summed E-state index contributed by atoms with van der Waals surface area (Å²) in [5, 5.41) is 6.37. The van der Waals surface area contributed by atoms with E-state index in [0.29, 0.717) is 28.8 Å². The molecule has 0 spiro atoms. The van der Waals surface area contributed by atoms with E-state index in [2.05, 4.69) is 10.6 Å². The van der Waals surface area contributed by atoms with Crippen molar-refractivity contribution in [1.82, 2.24) is 5.32 Å². The SMILES string of the molecule is CCNCC(C)C(=O)Nc1cc(Cl)c(OC)cc1OC. The Morgan fingerprint density at radius 3 is 2.50 bits per heavy atom. The fraction of sp³-hybridized carbons (Fsp3) is 0.500. The van der Waals surface area contributed by atoms with Gasteiger partial charge in [-0.3, -0.25) is 4.79 Å². The van der Waals surface area contributed by atoms with Gasteiger partial charge < -0.3 is 20.1 Å². The predicted octanol–water partition coefficient (Wildman–Crippen LogP) is 2.54. The Labute approximate surface area is 124 Å². The van der Waals surface area contributed by atoms with Gasteiger partial charge in [0.25, 0.3) is 0 Å². The predicted molar refractivity (Wildman–Crippen MR) is 80.9 cm³/mol. The van der Waals surface area contributed by atoms with Gasteiger partial charge in [0, 0.05) is 18.5 Å². The maximum absolute atomic E-state index is 12.1. The Morgan fingerprint density at radius 2 is 1.95 bits per heavy atom. The maximum Gasteiger partial charge on any atom is 0.228 e. The lowest BCUT2D eigenvalue weighted by Gasteiger charge is -2.16. The van der Waals surface area contributed by atoms with Crippen molar-refractivity contribution in [1.29, 1.82) is 0 Å². The lowest BCUT2D eigenvalue weighted by molar-refractivity contribution is -0.119. The molecule has 0 aliphatic heterocycles. The fourth-order valence-corrected chi connectivity index (χ4v) is 1.91. The number of benzene rings is 1. The molecule has 2 N–H and O–H groups in total. The summed E-state index contributed by atoms with van der Waals surface area (Å²) in [5.41, 5.74) is 0.534. The van der Waals surface area contributed by atoms with Crippen molar-refractivity contribution in [2.45, 2.75) is 13.8 Å². The first-order valence-electron chi connectivity index (χ1n) is 6.46. The van der Waals surface area contributed by atoms with Gasteiger partial charge in [-0.05, 0) is 12.6 Å². The first-order valence-corrected chi connectivity index (χ1v) is 6.84. The average molecular weight is 301 g/mol. The molecule has 112 valence electrons. The van der Waals surface area contributed by atoms with Crippen molar-refractivity contribution in [3.8, 4) is 11.5 Å². The van der Waals surface area contributed by atoms with Crippen LogP contribution in [-0.4, -0.2) is 33.2 Å². The minimum Gasteiger partial charge on any atom is -0.495 e. The van der Waals surface area contributed by atoms with E-state index < -0.39 is 0 Å². The van der Waals surface area contributed by atoms with Crippen LogP contribution in [0.3, 0.4) is 0 Å². The van der Waals surface area contributed by atoms with E-state index in [1.54, 1.807) is 12.1 Å². The van der Waals surface area contributed by atoms with E-state index >= 15 is 0 Å². The Balaban J connectivity index is 2.86. The number of hydrogen-bond donors (Lipinski definition) is 2. The Kier molecular flexibility index (Phi) is 6.61. The summed E-state index contributed by atoms with van der Waals surface area (Å²) in [6.45, 7) is 5.30. The summed E-state index contributed by atoms with van der Waals surface area (Å²) in [4.78, 5) is 12.1. The number of carbonyl (C=O) groups is 1. The van der Waals surface area contributed by atoms with Gasteiger partial charge in [-0.25, -0.2) is 0 Å². The second kappa shape index (κ2) is 7.97. The molecular formula is C14H21ClN2O3. The number of methoxy groups -OCH3 is 2. The monoisotopic (exact) mass is 300 g/mol. The van der Waals surface area contributed by atoms with Gasteiger partial charge >= 0.3 is 0 Å². The fourth-order valence-electron chi connectivity index (χ4n) is 1.67. The molecule has 0 radical (unpaired) electrons. The van der Waals surface area contributed by atoms with Crippen molar-refractivity contribution in [2.24, 2.45) is 5.92 Å². The Morgan fingerprint density at radius 1 is 1.30 bits per heavy atom. The van der Waals surface area contributed by atoms with E-state index in [0.717, 1.165) is 6.54 Å². The molecule has 0 saturated carbocycles. The van der Waals surface area contributed by atoms with Crippen molar-refractivity contribution >= 4 is 23.2 Å². The number of amides is 1. The molecule has 0 aromatic heterocycles. The third kappa shape index (κ3) is 4.28. The van der Waals surface area contributed by atoms with Gasteiger partial charge in [-0.2, -0.15) is 0 Å². The van der Waals surface area contributed by atoms with E-state index in [1.165, 1.54) is 14.2 Å². The summed E-state index contributed by atoms with van der Waals surface area (Å²) in [5.74, 6) is 0.767. The van der Waals surface area contributed by atoms with Gasteiger partial charge in [0.05, 0.1) is 24.9 Å². The molecule has 0 aliphatic rings. The van der Waals surface area contributed by atoms with Crippen LogP contribution in [0.1, 0.15) is 13.8 Å². The highest BCUT2D eigenvalue weighted by molar-refractivity contribution is 6.32.